The van der Waals surface area contributed by atoms with E-state index in [-0.39, 0.29) is 11.9 Å². The molecule has 0 radical (unpaired) electrons. The van der Waals surface area contributed by atoms with Gasteiger partial charge in [-0.2, -0.15) is 0 Å². The average molecular weight is 396 g/mol. The molecule has 1 aliphatic heterocycles. The molecule has 3 rings (SSSR count). The molecule has 1 saturated heterocycles. The number of hydrogen-bond acceptors (Lipinski definition) is 5. The van der Waals surface area contributed by atoms with Crippen molar-refractivity contribution in [2.45, 2.75) is 6.04 Å². The molecular formula is C23H28N2O4. The zero-order valence-corrected chi connectivity index (χ0v) is 17.0. The van der Waals surface area contributed by atoms with Crippen molar-refractivity contribution in [1.29, 1.82) is 0 Å². The molecule has 2 aromatic carbocycles. The van der Waals surface area contributed by atoms with Crippen LogP contribution in [0.1, 0.15) is 17.2 Å². The Morgan fingerprint density at radius 1 is 1.10 bits per heavy atom. The van der Waals surface area contributed by atoms with E-state index in [9.17, 15) is 4.79 Å². The van der Waals surface area contributed by atoms with Gasteiger partial charge >= 0.3 is 0 Å². The molecule has 6 heteroatoms. The Morgan fingerprint density at radius 2 is 1.83 bits per heavy atom. The molecule has 1 amide bonds. The van der Waals surface area contributed by atoms with Gasteiger partial charge in [0.05, 0.1) is 33.5 Å². The van der Waals surface area contributed by atoms with Crippen molar-refractivity contribution in [2.24, 2.45) is 0 Å². The molecule has 0 aromatic heterocycles. The van der Waals surface area contributed by atoms with E-state index in [0.717, 1.165) is 44.0 Å². The lowest BCUT2D eigenvalue weighted by Crippen LogP contribution is -2.42. The van der Waals surface area contributed by atoms with Crippen molar-refractivity contribution in [3.63, 3.8) is 0 Å². The number of hydrogen-bond donors (Lipinski definition) is 1. The largest absolute Gasteiger partial charge is 0.493 e. The Balaban J connectivity index is 1.68. The number of rotatable bonds is 8. The highest BCUT2D eigenvalue weighted by atomic mass is 16.5. The van der Waals surface area contributed by atoms with Gasteiger partial charge in [-0.1, -0.05) is 36.4 Å². The standard InChI is InChI=1S/C23H28N2O4/c1-27-21-10-8-18(16-22(21)28-2)9-11-23(26)24-20(19-6-4-3-5-7-19)17-25-12-14-29-15-13-25/h3-11,16,20H,12-15,17H2,1-2H3,(H,24,26). The van der Waals surface area contributed by atoms with Crippen molar-refractivity contribution >= 4 is 12.0 Å². The van der Waals surface area contributed by atoms with Gasteiger partial charge in [-0.3, -0.25) is 9.69 Å². The van der Waals surface area contributed by atoms with E-state index < -0.39 is 0 Å². The molecule has 0 aliphatic carbocycles. The summed E-state index contributed by atoms with van der Waals surface area (Å²) in [6.07, 6.45) is 3.32. The third kappa shape index (κ3) is 6.07. The monoisotopic (exact) mass is 396 g/mol. The van der Waals surface area contributed by atoms with Crippen molar-refractivity contribution in [1.82, 2.24) is 10.2 Å². The molecule has 154 valence electrons. The number of morpholine rings is 1. The van der Waals surface area contributed by atoms with Gasteiger partial charge in [-0.15, -0.1) is 0 Å². The maximum Gasteiger partial charge on any atom is 0.244 e. The van der Waals surface area contributed by atoms with Gasteiger partial charge in [0.25, 0.3) is 0 Å². The minimum atomic E-state index is -0.137. The van der Waals surface area contributed by atoms with Crippen LogP contribution >= 0.6 is 0 Å². The maximum absolute atomic E-state index is 12.6. The third-order valence-corrected chi connectivity index (χ3v) is 4.90. The summed E-state index contributed by atoms with van der Waals surface area (Å²) < 4.78 is 16.0. The number of amides is 1. The van der Waals surface area contributed by atoms with Crippen LogP contribution in [0.5, 0.6) is 11.5 Å². The summed E-state index contributed by atoms with van der Waals surface area (Å²) in [5.41, 5.74) is 1.95. The highest BCUT2D eigenvalue weighted by Gasteiger charge is 2.19. The molecule has 1 unspecified atom stereocenters. The minimum Gasteiger partial charge on any atom is -0.493 e. The highest BCUT2D eigenvalue weighted by Crippen LogP contribution is 2.28. The molecule has 1 fully saturated rings. The molecule has 0 spiro atoms. The molecule has 0 saturated carbocycles. The smallest absolute Gasteiger partial charge is 0.244 e. The Labute approximate surface area is 172 Å². The number of carbonyl (C=O) groups excluding carboxylic acids is 1. The summed E-state index contributed by atoms with van der Waals surface area (Å²) in [7, 11) is 3.19. The molecule has 1 N–H and O–H groups in total. The van der Waals surface area contributed by atoms with E-state index in [0.29, 0.717) is 11.5 Å². The lowest BCUT2D eigenvalue weighted by Gasteiger charge is -2.31. The molecule has 6 nitrogen and oxygen atoms in total. The first-order valence-corrected chi connectivity index (χ1v) is 9.75. The van der Waals surface area contributed by atoms with Crippen molar-refractivity contribution in [2.75, 3.05) is 47.1 Å². The summed E-state index contributed by atoms with van der Waals surface area (Å²) >= 11 is 0. The average Bonchev–Trinajstić information content (AvgIpc) is 2.78. The Kier molecular flexibility index (Phi) is 7.67. The lowest BCUT2D eigenvalue weighted by molar-refractivity contribution is -0.117. The topological polar surface area (TPSA) is 60.0 Å². The Bertz CT molecular complexity index is 817. The van der Waals surface area contributed by atoms with E-state index in [1.54, 1.807) is 26.4 Å². The first kappa shape index (κ1) is 20.9. The fourth-order valence-electron chi connectivity index (χ4n) is 3.31. The number of ether oxygens (including phenoxy) is 3. The van der Waals surface area contributed by atoms with E-state index >= 15 is 0 Å². The van der Waals surface area contributed by atoms with Crippen molar-refractivity contribution < 1.29 is 19.0 Å². The maximum atomic E-state index is 12.6. The van der Waals surface area contributed by atoms with E-state index in [2.05, 4.69) is 10.2 Å². The van der Waals surface area contributed by atoms with Crippen LogP contribution in [0.4, 0.5) is 0 Å². The number of nitrogens with zero attached hydrogens (tertiary/aromatic N) is 1. The number of methoxy groups -OCH3 is 2. The molecule has 2 aromatic rings. The number of carbonyl (C=O) groups is 1. The van der Waals surface area contributed by atoms with Gasteiger partial charge in [0.15, 0.2) is 11.5 Å². The van der Waals surface area contributed by atoms with Crippen LogP contribution in [0.15, 0.2) is 54.6 Å². The lowest BCUT2D eigenvalue weighted by atomic mass is 10.1. The molecule has 1 aliphatic rings. The SMILES string of the molecule is COc1ccc(C=CC(=O)NC(CN2CCOCC2)c2ccccc2)cc1OC. The van der Waals surface area contributed by atoms with Crippen molar-refractivity contribution in [3.05, 3.63) is 65.7 Å². The molecule has 1 heterocycles. The fraction of sp³-hybridized carbons (Fsp3) is 0.348. The zero-order valence-electron chi connectivity index (χ0n) is 17.0. The Morgan fingerprint density at radius 3 is 2.52 bits per heavy atom. The molecule has 29 heavy (non-hydrogen) atoms. The van der Waals surface area contributed by atoms with Crippen LogP contribution in [0, 0.1) is 0 Å². The van der Waals surface area contributed by atoms with Gasteiger partial charge in [-0.05, 0) is 29.3 Å². The highest BCUT2D eigenvalue weighted by molar-refractivity contribution is 5.92. The van der Waals surface area contributed by atoms with Gasteiger partial charge in [-0.25, -0.2) is 0 Å². The fourth-order valence-corrected chi connectivity index (χ4v) is 3.31. The van der Waals surface area contributed by atoms with E-state index in [1.165, 1.54) is 0 Å². The van der Waals surface area contributed by atoms with E-state index in [4.69, 9.17) is 14.2 Å². The van der Waals surface area contributed by atoms with Crippen LogP contribution in [0.3, 0.4) is 0 Å². The minimum absolute atomic E-state index is 0.0862. The Hall–Kier alpha value is -2.83. The summed E-state index contributed by atoms with van der Waals surface area (Å²) in [5, 5.41) is 3.14. The third-order valence-electron chi connectivity index (χ3n) is 4.90. The van der Waals surface area contributed by atoms with Gasteiger partial charge in [0.1, 0.15) is 0 Å². The second-order valence-electron chi connectivity index (χ2n) is 6.83. The molecule has 0 bridgehead atoms. The predicted molar refractivity (Wildman–Crippen MR) is 113 cm³/mol. The first-order valence-electron chi connectivity index (χ1n) is 9.75. The second-order valence-corrected chi connectivity index (χ2v) is 6.83. The summed E-state index contributed by atoms with van der Waals surface area (Å²) in [5.74, 6) is 1.15. The first-order chi connectivity index (χ1) is 14.2. The van der Waals surface area contributed by atoms with Crippen LogP contribution in [-0.2, 0) is 9.53 Å². The zero-order chi connectivity index (χ0) is 20.5. The summed E-state index contributed by atoms with van der Waals surface area (Å²) in [6.45, 7) is 3.97. The summed E-state index contributed by atoms with van der Waals surface area (Å²) in [6, 6.07) is 15.5. The van der Waals surface area contributed by atoms with Crippen molar-refractivity contribution in [3.8, 4) is 11.5 Å². The van der Waals surface area contributed by atoms with Gasteiger partial charge in [0, 0.05) is 25.7 Å². The van der Waals surface area contributed by atoms with E-state index in [1.807, 2.05) is 48.5 Å². The quantitative estimate of drug-likeness (QED) is 0.696. The van der Waals surface area contributed by atoms with Crippen LogP contribution < -0.4 is 14.8 Å². The normalized spacial score (nSPS) is 15.8. The second kappa shape index (κ2) is 10.6. The summed E-state index contributed by atoms with van der Waals surface area (Å²) in [4.78, 5) is 14.9. The van der Waals surface area contributed by atoms with Crippen LogP contribution in [0.25, 0.3) is 6.08 Å². The van der Waals surface area contributed by atoms with Gasteiger partial charge < -0.3 is 19.5 Å². The van der Waals surface area contributed by atoms with Gasteiger partial charge in [0.2, 0.25) is 5.91 Å². The van der Waals surface area contributed by atoms with Crippen LogP contribution in [0.2, 0.25) is 0 Å². The number of benzene rings is 2. The molecule has 1 atom stereocenters. The predicted octanol–water partition coefficient (Wildman–Crippen LogP) is 2.91. The number of nitrogens with one attached hydrogen (secondary N) is 1. The van der Waals surface area contributed by atoms with Crippen LogP contribution in [-0.4, -0.2) is 57.9 Å². The molecular weight excluding hydrogens is 368 g/mol.